The molecular weight excluding hydrogens is 216 g/mol. The molecule has 100 valence electrons. The Kier molecular flexibility index (Phi) is 4.95. The van der Waals surface area contributed by atoms with Crippen molar-refractivity contribution < 1.29 is 9.53 Å². The Hall–Kier alpha value is -0.610. The van der Waals surface area contributed by atoms with Crippen LogP contribution in [0.2, 0.25) is 0 Å². The lowest BCUT2D eigenvalue weighted by Crippen LogP contribution is -2.54. The third kappa shape index (κ3) is 4.64. The Morgan fingerprint density at radius 1 is 1.59 bits per heavy atom. The fourth-order valence-corrected chi connectivity index (χ4v) is 2.46. The minimum atomic E-state index is -0.227. The molecular formula is C13H26N2O2. The van der Waals surface area contributed by atoms with Crippen molar-refractivity contribution in [3.63, 3.8) is 0 Å². The van der Waals surface area contributed by atoms with Gasteiger partial charge in [-0.05, 0) is 34.2 Å². The van der Waals surface area contributed by atoms with Gasteiger partial charge in [0.2, 0.25) is 5.91 Å². The van der Waals surface area contributed by atoms with Crippen molar-refractivity contribution >= 4 is 5.91 Å². The molecule has 1 aliphatic rings. The molecule has 1 amide bonds. The summed E-state index contributed by atoms with van der Waals surface area (Å²) in [5.74, 6) is 0.224. The van der Waals surface area contributed by atoms with E-state index in [9.17, 15) is 4.79 Å². The quantitative estimate of drug-likeness (QED) is 0.810. The lowest BCUT2D eigenvalue weighted by Gasteiger charge is -2.42. The van der Waals surface area contributed by atoms with Crippen LogP contribution in [0.25, 0.3) is 0 Å². The molecule has 1 saturated heterocycles. The number of nitrogens with zero attached hydrogens (tertiary/aromatic N) is 1. The van der Waals surface area contributed by atoms with E-state index in [4.69, 9.17) is 4.74 Å². The van der Waals surface area contributed by atoms with Crippen LogP contribution in [0.5, 0.6) is 0 Å². The van der Waals surface area contributed by atoms with Gasteiger partial charge in [-0.15, -0.1) is 0 Å². The highest BCUT2D eigenvalue weighted by atomic mass is 16.5. The SMILES string of the molecule is CCNC(C)CC(=O)N1CC(C)OC(C)(C)C1. The molecule has 2 atom stereocenters. The lowest BCUT2D eigenvalue weighted by molar-refractivity contribution is -0.158. The van der Waals surface area contributed by atoms with Crippen LogP contribution in [-0.4, -0.2) is 48.2 Å². The fourth-order valence-electron chi connectivity index (χ4n) is 2.46. The average molecular weight is 242 g/mol. The van der Waals surface area contributed by atoms with E-state index in [0.29, 0.717) is 19.5 Å². The molecule has 1 rings (SSSR count). The van der Waals surface area contributed by atoms with E-state index in [2.05, 4.69) is 19.2 Å². The minimum absolute atomic E-state index is 0.122. The van der Waals surface area contributed by atoms with Crippen LogP contribution in [-0.2, 0) is 9.53 Å². The second-order valence-electron chi connectivity index (χ2n) is 5.63. The van der Waals surface area contributed by atoms with Crippen molar-refractivity contribution in [1.82, 2.24) is 10.2 Å². The maximum Gasteiger partial charge on any atom is 0.224 e. The summed E-state index contributed by atoms with van der Waals surface area (Å²) in [5, 5.41) is 3.27. The van der Waals surface area contributed by atoms with Crippen molar-refractivity contribution in [2.24, 2.45) is 0 Å². The second kappa shape index (κ2) is 5.83. The standard InChI is InChI=1S/C13H26N2O2/c1-6-14-10(2)7-12(16)15-8-11(3)17-13(4,5)9-15/h10-11,14H,6-9H2,1-5H3. The third-order valence-corrected chi connectivity index (χ3v) is 2.96. The number of nitrogens with one attached hydrogen (secondary N) is 1. The van der Waals surface area contributed by atoms with Crippen molar-refractivity contribution in [2.75, 3.05) is 19.6 Å². The van der Waals surface area contributed by atoms with Gasteiger partial charge in [-0.25, -0.2) is 0 Å². The first-order chi connectivity index (χ1) is 7.84. The Morgan fingerprint density at radius 2 is 2.24 bits per heavy atom. The van der Waals surface area contributed by atoms with Crippen molar-refractivity contribution in [3.8, 4) is 0 Å². The molecule has 17 heavy (non-hydrogen) atoms. The van der Waals surface area contributed by atoms with E-state index < -0.39 is 0 Å². The zero-order valence-electron chi connectivity index (χ0n) is 11.7. The Bertz CT molecular complexity index is 266. The molecule has 1 fully saturated rings. The highest BCUT2D eigenvalue weighted by Gasteiger charge is 2.33. The number of ether oxygens (including phenoxy) is 1. The van der Waals surface area contributed by atoms with Gasteiger partial charge in [-0.2, -0.15) is 0 Å². The summed E-state index contributed by atoms with van der Waals surface area (Å²) in [4.78, 5) is 14.1. The van der Waals surface area contributed by atoms with Crippen LogP contribution in [0, 0.1) is 0 Å². The molecule has 0 bridgehead atoms. The van der Waals surface area contributed by atoms with E-state index in [1.54, 1.807) is 0 Å². The van der Waals surface area contributed by atoms with Gasteiger partial charge in [0.15, 0.2) is 0 Å². The molecule has 0 saturated carbocycles. The summed E-state index contributed by atoms with van der Waals surface area (Å²) in [6.07, 6.45) is 0.688. The van der Waals surface area contributed by atoms with Gasteiger partial charge in [-0.3, -0.25) is 4.79 Å². The normalized spacial score (nSPS) is 25.7. The molecule has 0 aromatic heterocycles. The van der Waals surface area contributed by atoms with Gasteiger partial charge >= 0.3 is 0 Å². The maximum absolute atomic E-state index is 12.1. The van der Waals surface area contributed by atoms with Gasteiger partial charge in [0.05, 0.1) is 11.7 Å². The van der Waals surface area contributed by atoms with E-state index in [-0.39, 0.29) is 23.7 Å². The van der Waals surface area contributed by atoms with Crippen LogP contribution < -0.4 is 5.32 Å². The van der Waals surface area contributed by atoms with Crippen molar-refractivity contribution in [3.05, 3.63) is 0 Å². The molecule has 1 aliphatic heterocycles. The monoisotopic (exact) mass is 242 g/mol. The predicted molar refractivity (Wildman–Crippen MR) is 69.0 cm³/mol. The summed E-state index contributed by atoms with van der Waals surface area (Å²) in [6, 6.07) is 0.244. The Balaban J connectivity index is 2.51. The topological polar surface area (TPSA) is 41.6 Å². The number of carbonyl (C=O) groups excluding carboxylic acids is 1. The highest BCUT2D eigenvalue weighted by molar-refractivity contribution is 5.77. The molecule has 0 aromatic carbocycles. The van der Waals surface area contributed by atoms with E-state index in [1.807, 2.05) is 25.7 Å². The van der Waals surface area contributed by atoms with Gasteiger partial charge < -0.3 is 15.0 Å². The minimum Gasteiger partial charge on any atom is -0.369 e. The van der Waals surface area contributed by atoms with Crippen LogP contribution in [0.1, 0.15) is 41.0 Å². The number of morpholine rings is 1. The second-order valence-corrected chi connectivity index (χ2v) is 5.63. The molecule has 2 unspecified atom stereocenters. The summed E-state index contributed by atoms with van der Waals surface area (Å²) in [5.41, 5.74) is -0.227. The molecule has 0 aliphatic carbocycles. The fraction of sp³-hybridized carbons (Fsp3) is 0.923. The number of amides is 1. The zero-order valence-corrected chi connectivity index (χ0v) is 11.7. The summed E-state index contributed by atoms with van der Waals surface area (Å²) in [6.45, 7) is 12.5. The van der Waals surface area contributed by atoms with E-state index in [0.717, 1.165) is 6.54 Å². The molecule has 1 heterocycles. The van der Waals surface area contributed by atoms with Crippen LogP contribution in [0.15, 0.2) is 0 Å². The Morgan fingerprint density at radius 3 is 2.76 bits per heavy atom. The molecule has 1 N–H and O–H groups in total. The molecule has 0 radical (unpaired) electrons. The van der Waals surface area contributed by atoms with E-state index in [1.165, 1.54) is 0 Å². The maximum atomic E-state index is 12.1. The number of rotatable bonds is 4. The first kappa shape index (κ1) is 14.5. The van der Waals surface area contributed by atoms with Gasteiger partial charge in [0.25, 0.3) is 0 Å². The Labute approximate surface area is 105 Å². The third-order valence-electron chi connectivity index (χ3n) is 2.96. The summed E-state index contributed by atoms with van der Waals surface area (Å²) >= 11 is 0. The number of carbonyl (C=O) groups is 1. The summed E-state index contributed by atoms with van der Waals surface area (Å²) < 4.78 is 5.80. The lowest BCUT2D eigenvalue weighted by atomic mass is 10.0. The molecule has 0 spiro atoms. The zero-order chi connectivity index (χ0) is 13.1. The number of hydrogen-bond donors (Lipinski definition) is 1. The van der Waals surface area contributed by atoms with Crippen LogP contribution >= 0.6 is 0 Å². The van der Waals surface area contributed by atoms with Crippen LogP contribution in [0.3, 0.4) is 0 Å². The van der Waals surface area contributed by atoms with Crippen molar-refractivity contribution in [2.45, 2.75) is 58.8 Å². The first-order valence-corrected chi connectivity index (χ1v) is 6.53. The average Bonchev–Trinajstić information content (AvgIpc) is 2.14. The van der Waals surface area contributed by atoms with Crippen LogP contribution in [0.4, 0.5) is 0 Å². The molecule has 4 nitrogen and oxygen atoms in total. The van der Waals surface area contributed by atoms with E-state index >= 15 is 0 Å². The molecule has 0 aromatic rings. The van der Waals surface area contributed by atoms with Gasteiger partial charge in [0, 0.05) is 25.6 Å². The van der Waals surface area contributed by atoms with Gasteiger partial charge in [-0.1, -0.05) is 6.92 Å². The first-order valence-electron chi connectivity index (χ1n) is 6.53. The molecule has 4 heteroatoms. The largest absolute Gasteiger partial charge is 0.369 e. The summed E-state index contributed by atoms with van der Waals surface area (Å²) in [7, 11) is 0. The smallest absolute Gasteiger partial charge is 0.224 e. The predicted octanol–water partition coefficient (Wildman–Crippen LogP) is 1.40. The number of hydrogen-bond acceptors (Lipinski definition) is 3. The highest BCUT2D eigenvalue weighted by Crippen LogP contribution is 2.21. The van der Waals surface area contributed by atoms with Gasteiger partial charge in [0.1, 0.15) is 0 Å². The van der Waals surface area contributed by atoms with Crippen molar-refractivity contribution in [1.29, 1.82) is 0 Å².